The van der Waals surface area contributed by atoms with E-state index in [-0.39, 0.29) is 0 Å². The summed E-state index contributed by atoms with van der Waals surface area (Å²) in [7, 11) is 0. The summed E-state index contributed by atoms with van der Waals surface area (Å²) in [6, 6.07) is 0. The Balaban J connectivity index is -0.000000376. The topological polar surface area (TPSA) is 0 Å². The van der Waals surface area contributed by atoms with E-state index in [1.165, 1.54) is 0 Å². The van der Waals surface area contributed by atoms with Gasteiger partial charge in [-0.25, -0.2) is 0 Å². The molecule has 0 atom stereocenters. The number of terminal acetylenes is 1. The van der Waals surface area contributed by atoms with Gasteiger partial charge in [0.1, 0.15) is 0 Å². The molecule has 0 aliphatic carbocycles. The van der Waals surface area contributed by atoms with Crippen LogP contribution in [-0.2, 0) is 0 Å². The van der Waals surface area contributed by atoms with Gasteiger partial charge in [0.25, 0.3) is 0 Å². The zero-order valence-corrected chi connectivity index (χ0v) is 10.8. The van der Waals surface area contributed by atoms with E-state index < -0.39 is 0 Å². The summed E-state index contributed by atoms with van der Waals surface area (Å²) >= 11 is 0. The Bertz CT molecular complexity index is 242. The van der Waals surface area contributed by atoms with Crippen LogP contribution in [-0.4, -0.2) is 0 Å². The lowest BCUT2D eigenvalue weighted by Gasteiger charge is -1.79. The zero-order valence-electron chi connectivity index (χ0n) is 10.8. The van der Waals surface area contributed by atoms with Gasteiger partial charge in [-0.15, -0.1) is 18.6 Å². The van der Waals surface area contributed by atoms with E-state index in [2.05, 4.69) is 50.3 Å². The van der Waals surface area contributed by atoms with Gasteiger partial charge in [0.2, 0.25) is 0 Å². The first kappa shape index (κ1) is 19.8. The lowest BCUT2D eigenvalue weighted by Crippen LogP contribution is -1.57. The molecule has 0 spiro atoms. The second-order valence-electron chi connectivity index (χ2n) is 2.30. The Morgan fingerprint density at radius 2 is 1.62 bits per heavy atom. The molecular weight excluding hydrogens is 192 g/mol. The molecule has 16 heavy (non-hydrogen) atoms. The average molecular weight is 216 g/mol. The van der Waals surface area contributed by atoms with Crippen LogP contribution in [0.4, 0.5) is 0 Å². The lowest BCUT2D eigenvalue weighted by atomic mass is 10.3. The van der Waals surface area contributed by atoms with Crippen molar-refractivity contribution in [2.45, 2.75) is 33.6 Å². The van der Waals surface area contributed by atoms with E-state index in [0.717, 1.165) is 12.8 Å². The Morgan fingerprint density at radius 3 is 2.12 bits per heavy atom. The van der Waals surface area contributed by atoms with Gasteiger partial charge in [-0.3, -0.25) is 0 Å². The second-order valence-corrected chi connectivity index (χ2v) is 2.30. The molecule has 0 aromatic rings. The van der Waals surface area contributed by atoms with Gasteiger partial charge in [0.15, 0.2) is 0 Å². The molecule has 0 unspecified atom stereocenters. The minimum atomic E-state index is 1.01. The molecule has 0 N–H and O–H groups in total. The first-order valence-electron chi connectivity index (χ1n) is 5.57. The highest BCUT2D eigenvalue weighted by Gasteiger charge is 1.67. The molecule has 0 bridgehead atoms. The first-order chi connectivity index (χ1) is 7.91. The number of allylic oxidation sites excluding steroid dienone is 7. The third-order valence-corrected chi connectivity index (χ3v) is 1.25. The van der Waals surface area contributed by atoms with Crippen molar-refractivity contribution in [3.8, 4) is 12.8 Å². The molecular formula is C16H24. The largest absolute Gasteiger partial charge is 0.129 e. The van der Waals surface area contributed by atoms with E-state index in [9.17, 15) is 0 Å². The summed E-state index contributed by atoms with van der Waals surface area (Å²) < 4.78 is 0. The summed E-state index contributed by atoms with van der Waals surface area (Å²) in [5.74, 6) is 0. The predicted molar refractivity (Wildman–Crippen MR) is 77.3 cm³/mol. The van der Waals surface area contributed by atoms with Crippen molar-refractivity contribution in [2.75, 3.05) is 0 Å². The van der Waals surface area contributed by atoms with Crippen LogP contribution in [0.25, 0.3) is 0 Å². The van der Waals surface area contributed by atoms with Crippen LogP contribution in [0, 0.1) is 12.8 Å². The van der Waals surface area contributed by atoms with Crippen LogP contribution >= 0.6 is 0 Å². The maximum atomic E-state index is 4.00. The standard InChI is InChI=1S/C12H16.C2H6.C2H2/c1-3-5-7-9-11-12-10-8-6-4-2;2*1-2/h5-9,11-12H,1,4,10H2,2H3;1-2H3;1-2H/b8-6-,9-7-,12-11-;;. The van der Waals surface area contributed by atoms with E-state index in [1.807, 2.05) is 32.1 Å². The Hall–Kier alpha value is -1.70. The van der Waals surface area contributed by atoms with Crippen molar-refractivity contribution in [3.05, 3.63) is 54.8 Å². The number of hydrogen-bond acceptors (Lipinski definition) is 0. The quantitative estimate of drug-likeness (QED) is 0.260. The van der Waals surface area contributed by atoms with Crippen LogP contribution in [0.15, 0.2) is 54.8 Å². The van der Waals surface area contributed by atoms with Crippen LogP contribution in [0.3, 0.4) is 0 Å². The second kappa shape index (κ2) is 29.2. The summed E-state index contributed by atoms with van der Waals surface area (Å²) in [4.78, 5) is 0. The Labute approximate surface area is 102 Å². The monoisotopic (exact) mass is 216 g/mol. The third-order valence-electron chi connectivity index (χ3n) is 1.25. The number of rotatable bonds is 5. The molecule has 0 nitrogen and oxygen atoms in total. The van der Waals surface area contributed by atoms with Gasteiger partial charge in [-0.1, -0.05) is 63.8 Å². The molecule has 0 heterocycles. The Kier molecular flexibility index (Phi) is 36.2. The van der Waals surface area contributed by atoms with E-state index >= 15 is 0 Å². The van der Waals surface area contributed by atoms with Crippen LogP contribution in [0.2, 0.25) is 0 Å². The highest BCUT2D eigenvalue weighted by molar-refractivity contribution is 5.10. The van der Waals surface area contributed by atoms with E-state index in [4.69, 9.17) is 0 Å². The molecule has 0 aromatic heterocycles. The fraction of sp³-hybridized carbons (Fsp3) is 0.312. The molecule has 0 saturated heterocycles. The molecule has 0 amide bonds. The van der Waals surface area contributed by atoms with Gasteiger partial charge in [0.05, 0.1) is 0 Å². The average Bonchev–Trinajstić information content (AvgIpc) is 2.38. The molecule has 0 heteroatoms. The fourth-order valence-electron chi connectivity index (χ4n) is 0.686. The highest BCUT2D eigenvalue weighted by atomic mass is 13.7. The Morgan fingerprint density at radius 1 is 1.00 bits per heavy atom. The van der Waals surface area contributed by atoms with Gasteiger partial charge < -0.3 is 0 Å². The normalized spacial score (nSPS) is 9.06. The minimum absolute atomic E-state index is 1.01. The maximum absolute atomic E-state index is 4.00. The SMILES string of the molecule is C#C.C=C=C/C=C\C=C/C/C=C\CC.CC. The van der Waals surface area contributed by atoms with E-state index in [0.29, 0.717) is 0 Å². The summed E-state index contributed by atoms with van der Waals surface area (Å²) in [6.07, 6.45) is 24.2. The van der Waals surface area contributed by atoms with Crippen LogP contribution < -0.4 is 0 Å². The molecule has 0 radical (unpaired) electrons. The van der Waals surface area contributed by atoms with Crippen molar-refractivity contribution in [2.24, 2.45) is 0 Å². The molecule has 0 aliphatic rings. The summed E-state index contributed by atoms with van der Waals surface area (Å²) in [6.45, 7) is 9.59. The predicted octanol–water partition coefficient (Wildman–Crippen LogP) is 5.07. The van der Waals surface area contributed by atoms with Crippen molar-refractivity contribution < 1.29 is 0 Å². The van der Waals surface area contributed by atoms with Gasteiger partial charge in [0, 0.05) is 0 Å². The molecule has 88 valence electrons. The molecule has 0 saturated carbocycles. The van der Waals surface area contributed by atoms with Gasteiger partial charge in [-0.05, 0) is 18.9 Å². The molecule has 0 aliphatic heterocycles. The van der Waals surface area contributed by atoms with E-state index in [1.54, 1.807) is 6.08 Å². The summed E-state index contributed by atoms with van der Waals surface area (Å²) in [5, 5.41) is 0. The lowest BCUT2D eigenvalue weighted by molar-refractivity contribution is 1.20. The molecule has 0 rings (SSSR count). The van der Waals surface area contributed by atoms with Crippen molar-refractivity contribution in [3.63, 3.8) is 0 Å². The highest BCUT2D eigenvalue weighted by Crippen LogP contribution is 1.88. The minimum Gasteiger partial charge on any atom is -0.129 e. The van der Waals surface area contributed by atoms with Crippen molar-refractivity contribution >= 4 is 0 Å². The summed E-state index contributed by atoms with van der Waals surface area (Å²) in [5.41, 5.74) is 2.67. The van der Waals surface area contributed by atoms with Gasteiger partial charge >= 0.3 is 0 Å². The maximum Gasteiger partial charge on any atom is -0.0166 e. The van der Waals surface area contributed by atoms with Crippen molar-refractivity contribution in [1.82, 2.24) is 0 Å². The fourth-order valence-corrected chi connectivity index (χ4v) is 0.686. The molecule has 0 fully saturated rings. The first-order valence-corrected chi connectivity index (χ1v) is 5.57. The van der Waals surface area contributed by atoms with Crippen LogP contribution in [0.5, 0.6) is 0 Å². The van der Waals surface area contributed by atoms with Gasteiger partial charge in [-0.2, -0.15) is 0 Å². The van der Waals surface area contributed by atoms with Crippen molar-refractivity contribution in [1.29, 1.82) is 0 Å². The smallest absolute Gasteiger partial charge is 0.0166 e. The number of hydrogen-bond donors (Lipinski definition) is 0. The third kappa shape index (κ3) is 29.5. The van der Waals surface area contributed by atoms with Crippen LogP contribution in [0.1, 0.15) is 33.6 Å². The molecule has 0 aromatic carbocycles. The zero-order chi connectivity index (χ0) is 13.1.